The Balaban J connectivity index is 2.26. The number of hydrogen-bond donors (Lipinski definition) is 4. The molecule has 1 fully saturated rings. The molecule has 1 aliphatic heterocycles. The second kappa shape index (κ2) is 6.55. The van der Waals surface area contributed by atoms with Crippen molar-refractivity contribution in [1.29, 1.82) is 0 Å². The minimum Gasteiger partial charge on any atom is -0.396 e. The van der Waals surface area contributed by atoms with Gasteiger partial charge in [0.1, 0.15) is 5.39 Å². The Morgan fingerprint density at radius 1 is 1.65 bits per heavy atom. The molecule has 8 nitrogen and oxygen atoms in total. The van der Waals surface area contributed by atoms with Crippen molar-refractivity contribution in [2.24, 2.45) is 5.92 Å². The molecule has 0 bridgehead atoms. The molecule has 140 valence electrons. The molecule has 3 rings (SSSR count). The summed E-state index contributed by atoms with van der Waals surface area (Å²) < 4.78 is 21.4. The molecule has 2 aromatic heterocycles. The summed E-state index contributed by atoms with van der Waals surface area (Å²) in [5.74, 6) is 3.67. The summed E-state index contributed by atoms with van der Waals surface area (Å²) in [6.07, 6.45) is -1.93. The smallest absolute Gasteiger partial charge is 0.264 e. The average molecular weight is 385 g/mol. The van der Waals surface area contributed by atoms with Gasteiger partial charge in [-0.15, -0.1) is 5.92 Å². The summed E-state index contributed by atoms with van der Waals surface area (Å²) in [5, 5.41) is 19.5. The Hall–Kier alpha value is -2.12. The van der Waals surface area contributed by atoms with Gasteiger partial charge in [0.15, 0.2) is 22.6 Å². The highest BCUT2D eigenvalue weighted by Crippen LogP contribution is 2.49. The average Bonchev–Trinajstić information content (AvgIpc) is 3.02. The maximum absolute atomic E-state index is 14.4. The monoisotopic (exact) mass is 384 g/mol. The fraction of sp³-hybridized carbons (Fsp3) is 0.500. The lowest BCUT2D eigenvalue weighted by molar-refractivity contribution is -0.0661. The zero-order chi connectivity index (χ0) is 19.2. The first kappa shape index (κ1) is 18.7. The summed E-state index contributed by atoms with van der Waals surface area (Å²) in [4.78, 5) is 16.7. The maximum atomic E-state index is 14.4. The predicted octanol–water partition coefficient (Wildman–Crippen LogP) is 0.333. The van der Waals surface area contributed by atoms with Crippen LogP contribution in [-0.2, 0) is 4.74 Å². The predicted molar refractivity (Wildman–Crippen MR) is 92.9 cm³/mol. The number of H-pyrrole nitrogens is 1. The van der Waals surface area contributed by atoms with E-state index >= 15 is 0 Å². The lowest BCUT2D eigenvalue weighted by atomic mass is 9.87. The van der Waals surface area contributed by atoms with E-state index in [1.807, 2.05) is 0 Å². The van der Waals surface area contributed by atoms with Crippen LogP contribution in [0.1, 0.15) is 20.1 Å². The van der Waals surface area contributed by atoms with E-state index in [0.717, 1.165) is 6.20 Å². The van der Waals surface area contributed by atoms with Crippen LogP contribution in [0.3, 0.4) is 0 Å². The molecule has 1 saturated heterocycles. The molecule has 2 unspecified atom stereocenters. The molecule has 10 heteroatoms. The molecule has 0 saturated carbocycles. The molecule has 3 heterocycles. The largest absolute Gasteiger partial charge is 0.396 e. The molecule has 1 aliphatic rings. The van der Waals surface area contributed by atoms with Crippen molar-refractivity contribution < 1.29 is 19.3 Å². The van der Waals surface area contributed by atoms with Crippen molar-refractivity contribution in [3.8, 4) is 11.8 Å². The van der Waals surface area contributed by atoms with Gasteiger partial charge in [0.05, 0.1) is 18.8 Å². The van der Waals surface area contributed by atoms with E-state index in [1.54, 1.807) is 6.92 Å². The molecule has 0 radical (unpaired) electrons. The first-order valence-corrected chi connectivity index (χ1v) is 8.25. The third-order valence-corrected chi connectivity index (χ3v) is 5.04. The van der Waals surface area contributed by atoms with Gasteiger partial charge in [0.2, 0.25) is 5.95 Å². The molecule has 5 N–H and O–H groups in total. The molecule has 26 heavy (non-hydrogen) atoms. The molecule has 0 aliphatic carbocycles. The van der Waals surface area contributed by atoms with Crippen molar-refractivity contribution in [3.63, 3.8) is 0 Å². The summed E-state index contributed by atoms with van der Waals surface area (Å²) in [6, 6.07) is 0. The van der Waals surface area contributed by atoms with Crippen LogP contribution in [0.5, 0.6) is 0 Å². The zero-order valence-corrected chi connectivity index (χ0v) is 14.8. The van der Waals surface area contributed by atoms with E-state index < -0.39 is 47.2 Å². The highest BCUT2D eigenvalue weighted by Gasteiger charge is 2.57. The number of nitrogens with zero attached hydrogens (tertiary/aromatic N) is 2. The lowest BCUT2D eigenvalue weighted by Crippen LogP contribution is -2.40. The summed E-state index contributed by atoms with van der Waals surface area (Å²) in [6.45, 7) is 2.63. The Morgan fingerprint density at radius 3 is 2.92 bits per heavy atom. The summed E-state index contributed by atoms with van der Waals surface area (Å²) in [5.41, 5.74) is 4.76. The molecule has 0 aromatic carbocycles. The zero-order valence-electron chi connectivity index (χ0n) is 14.0. The number of ether oxygens (including phenoxy) is 1. The SMILES string of the molecule is CC#CC1(Cl)C(CO)[C@@H]([C@H](C)O)O[C@H]1n1cc(F)c2c(=O)[nH]c(N)nc21. The normalized spacial score (nSPS) is 29.5. The molecule has 0 amide bonds. The fourth-order valence-corrected chi connectivity index (χ4v) is 3.82. The molecule has 0 spiro atoms. The minimum atomic E-state index is -1.48. The van der Waals surface area contributed by atoms with E-state index in [0.29, 0.717) is 0 Å². The number of hydrogen-bond acceptors (Lipinski definition) is 6. The van der Waals surface area contributed by atoms with Crippen molar-refractivity contribution in [1.82, 2.24) is 14.5 Å². The molecular weight excluding hydrogens is 367 g/mol. The number of halogens is 2. The van der Waals surface area contributed by atoms with Crippen LogP contribution in [-0.4, -0.2) is 48.4 Å². The highest BCUT2D eigenvalue weighted by molar-refractivity contribution is 6.26. The van der Waals surface area contributed by atoms with Crippen LogP contribution in [0.15, 0.2) is 11.0 Å². The van der Waals surface area contributed by atoms with E-state index in [4.69, 9.17) is 22.1 Å². The van der Waals surface area contributed by atoms with Crippen molar-refractivity contribution >= 4 is 28.6 Å². The summed E-state index contributed by atoms with van der Waals surface area (Å²) in [7, 11) is 0. The van der Waals surface area contributed by atoms with Crippen LogP contribution >= 0.6 is 11.6 Å². The van der Waals surface area contributed by atoms with Gasteiger partial charge in [-0.05, 0) is 13.8 Å². The van der Waals surface area contributed by atoms with Crippen LogP contribution < -0.4 is 11.3 Å². The van der Waals surface area contributed by atoms with Gasteiger partial charge in [-0.1, -0.05) is 17.5 Å². The van der Waals surface area contributed by atoms with Gasteiger partial charge in [-0.2, -0.15) is 4.98 Å². The number of alkyl halides is 1. The number of anilines is 1. The molecule has 5 atom stereocenters. The number of rotatable bonds is 3. The lowest BCUT2D eigenvalue weighted by Gasteiger charge is -2.28. The highest BCUT2D eigenvalue weighted by atomic mass is 35.5. The van der Waals surface area contributed by atoms with Gasteiger partial charge in [-0.3, -0.25) is 14.3 Å². The number of aromatic amines is 1. The first-order chi connectivity index (χ1) is 12.2. The third-order valence-electron chi connectivity index (χ3n) is 4.48. The fourth-order valence-electron chi connectivity index (χ4n) is 3.37. The van der Waals surface area contributed by atoms with Crippen LogP contribution in [0.25, 0.3) is 11.0 Å². The van der Waals surface area contributed by atoms with E-state index in [-0.39, 0.29) is 17.0 Å². The number of aromatic nitrogens is 3. The number of nitrogens with two attached hydrogens (primary N) is 1. The van der Waals surface area contributed by atoms with Gasteiger partial charge in [0.25, 0.3) is 5.56 Å². The topological polar surface area (TPSA) is 126 Å². The number of aliphatic hydroxyl groups excluding tert-OH is 2. The van der Waals surface area contributed by atoms with Crippen LogP contribution in [0, 0.1) is 23.6 Å². The number of nitrogens with one attached hydrogen (secondary N) is 1. The van der Waals surface area contributed by atoms with Crippen molar-refractivity contribution in [2.45, 2.75) is 37.2 Å². The van der Waals surface area contributed by atoms with Gasteiger partial charge >= 0.3 is 0 Å². The molecular formula is C16H18ClFN4O4. The molecule has 2 aromatic rings. The Morgan fingerprint density at radius 2 is 2.35 bits per heavy atom. The first-order valence-electron chi connectivity index (χ1n) is 7.87. The van der Waals surface area contributed by atoms with E-state index in [9.17, 15) is 19.4 Å². The number of fused-ring (bicyclic) bond motifs is 1. The second-order valence-electron chi connectivity index (χ2n) is 6.16. The Kier molecular flexibility index (Phi) is 4.71. The van der Waals surface area contributed by atoms with Crippen molar-refractivity contribution in [3.05, 3.63) is 22.4 Å². The van der Waals surface area contributed by atoms with E-state index in [1.165, 1.54) is 11.5 Å². The standard InChI is InChI=1S/C16H18ClFN4O4/c1-3-4-16(17)8(6-23)11(7(2)24)26-14(16)22-5-9(18)10-12(22)20-15(19)21-13(10)25/h5,7-8,11,14,23-24H,6H2,1-2H3,(H3,19,20,21,25)/t7-,8?,11+,14+,16?/m0/s1. The van der Waals surface area contributed by atoms with Crippen LogP contribution in [0.2, 0.25) is 0 Å². The number of aliphatic hydroxyl groups is 2. The number of nitrogen functional groups attached to an aromatic ring is 1. The van der Waals surface area contributed by atoms with Gasteiger partial charge in [0, 0.05) is 12.1 Å². The van der Waals surface area contributed by atoms with Gasteiger partial charge < -0.3 is 20.7 Å². The Labute approximate surface area is 152 Å². The van der Waals surface area contributed by atoms with Crippen LogP contribution in [0.4, 0.5) is 10.3 Å². The quantitative estimate of drug-likeness (QED) is 0.446. The van der Waals surface area contributed by atoms with Gasteiger partial charge in [-0.25, -0.2) is 4.39 Å². The van der Waals surface area contributed by atoms with Crippen molar-refractivity contribution in [2.75, 3.05) is 12.3 Å². The minimum absolute atomic E-state index is 0.0698. The van der Waals surface area contributed by atoms with E-state index in [2.05, 4.69) is 21.8 Å². The second-order valence-corrected chi connectivity index (χ2v) is 6.79. The third kappa shape index (κ3) is 2.66. The Bertz CT molecular complexity index is 963. The summed E-state index contributed by atoms with van der Waals surface area (Å²) >= 11 is 6.71. The maximum Gasteiger partial charge on any atom is 0.264 e.